The van der Waals surface area contributed by atoms with Gasteiger partial charge >= 0.3 is 0 Å². The van der Waals surface area contributed by atoms with Crippen LogP contribution < -0.4 is 10.6 Å². The minimum absolute atomic E-state index is 0.0487. The van der Waals surface area contributed by atoms with Crippen LogP contribution >= 0.6 is 11.3 Å². The molecule has 0 aliphatic heterocycles. The predicted molar refractivity (Wildman–Crippen MR) is 128 cm³/mol. The summed E-state index contributed by atoms with van der Waals surface area (Å²) in [5.41, 5.74) is 0.506. The Kier molecular flexibility index (Phi) is 9.96. The van der Waals surface area contributed by atoms with Crippen molar-refractivity contribution in [3.05, 3.63) is 47.2 Å². The van der Waals surface area contributed by atoms with Gasteiger partial charge in [0.2, 0.25) is 17.7 Å². The Labute approximate surface area is 202 Å². The zero-order chi connectivity index (χ0) is 24.3. The highest BCUT2D eigenvalue weighted by Gasteiger charge is 2.32. The third-order valence-electron chi connectivity index (χ3n) is 5.80. The molecule has 1 aromatic heterocycles. The van der Waals surface area contributed by atoms with E-state index in [4.69, 9.17) is 4.74 Å². The van der Waals surface area contributed by atoms with Gasteiger partial charge in [-0.05, 0) is 30.5 Å². The molecule has 2 aromatic rings. The van der Waals surface area contributed by atoms with Gasteiger partial charge in [0.05, 0.1) is 6.61 Å². The van der Waals surface area contributed by atoms with E-state index in [9.17, 15) is 18.8 Å². The first-order chi connectivity index (χ1) is 16.5. The molecule has 34 heavy (non-hydrogen) atoms. The highest BCUT2D eigenvalue weighted by atomic mass is 32.1. The number of anilines is 1. The number of nitrogens with one attached hydrogen (secondary N) is 2. The van der Waals surface area contributed by atoms with Crippen molar-refractivity contribution < 1.29 is 23.5 Å². The molecule has 1 aromatic carbocycles. The number of carbonyl (C=O) groups is 3. The van der Waals surface area contributed by atoms with E-state index in [1.807, 2.05) is 0 Å². The minimum atomic E-state index is -0.952. The van der Waals surface area contributed by atoms with Crippen molar-refractivity contribution in [2.45, 2.75) is 57.0 Å². The molecule has 1 aliphatic rings. The molecule has 2 N–H and O–H groups in total. The molecule has 1 aliphatic carbocycles. The predicted octanol–water partition coefficient (Wildman–Crippen LogP) is 3.67. The van der Waals surface area contributed by atoms with Crippen LogP contribution in [0.15, 0.2) is 35.8 Å². The maximum atomic E-state index is 13.6. The fraction of sp³-hybridized carbons (Fsp3) is 0.500. The molecule has 0 spiro atoms. The van der Waals surface area contributed by atoms with E-state index in [2.05, 4.69) is 15.6 Å². The van der Waals surface area contributed by atoms with E-state index in [1.54, 1.807) is 11.6 Å². The lowest BCUT2D eigenvalue weighted by molar-refractivity contribution is -0.142. The van der Waals surface area contributed by atoms with Gasteiger partial charge in [-0.3, -0.25) is 14.4 Å². The molecule has 1 saturated carbocycles. The molecule has 0 bridgehead atoms. The van der Waals surface area contributed by atoms with Gasteiger partial charge in [-0.1, -0.05) is 31.4 Å². The smallest absolute Gasteiger partial charge is 0.247 e. The molecular formula is C24H31FN4O4S. The van der Waals surface area contributed by atoms with E-state index in [0.29, 0.717) is 10.7 Å². The molecule has 0 saturated heterocycles. The lowest BCUT2D eigenvalue weighted by Gasteiger charge is -2.33. The van der Waals surface area contributed by atoms with Gasteiger partial charge in [0.1, 0.15) is 11.9 Å². The molecule has 1 heterocycles. The van der Waals surface area contributed by atoms with Gasteiger partial charge in [0, 0.05) is 44.1 Å². The number of aromatic nitrogens is 1. The number of amides is 3. The molecule has 184 valence electrons. The van der Waals surface area contributed by atoms with Crippen LogP contribution in [0.3, 0.4) is 0 Å². The van der Waals surface area contributed by atoms with Crippen molar-refractivity contribution in [1.29, 1.82) is 0 Å². The van der Waals surface area contributed by atoms with Gasteiger partial charge in [-0.2, -0.15) is 0 Å². The zero-order valence-electron chi connectivity index (χ0n) is 19.3. The van der Waals surface area contributed by atoms with E-state index in [1.165, 1.54) is 47.6 Å². The fourth-order valence-electron chi connectivity index (χ4n) is 4.06. The number of methoxy groups -OCH3 is 1. The first-order valence-corrected chi connectivity index (χ1v) is 12.4. The van der Waals surface area contributed by atoms with Crippen LogP contribution in [0.1, 0.15) is 56.6 Å². The second-order valence-corrected chi connectivity index (χ2v) is 9.16. The third-order valence-corrected chi connectivity index (χ3v) is 6.49. The molecule has 8 nitrogen and oxygen atoms in total. The van der Waals surface area contributed by atoms with E-state index >= 15 is 0 Å². The molecule has 1 unspecified atom stereocenters. The monoisotopic (exact) mass is 490 g/mol. The molecule has 1 atom stereocenters. The van der Waals surface area contributed by atoms with E-state index < -0.39 is 11.9 Å². The summed E-state index contributed by atoms with van der Waals surface area (Å²) < 4.78 is 18.8. The zero-order valence-corrected chi connectivity index (χ0v) is 20.1. The van der Waals surface area contributed by atoms with Crippen LogP contribution in [0.5, 0.6) is 0 Å². The molecule has 3 rings (SSSR count). The summed E-state index contributed by atoms with van der Waals surface area (Å²) in [5, 5.41) is 7.94. The number of hydrogen-bond donors (Lipinski definition) is 2. The van der Waals surface area contributed by atoms with Crippen molar-refractivity contribution in [3.63, 3.8) is 0 Å². The number of halogens is 1. The Morgan fingerprint density at radius 1 is 1.18 bits per heavy atom. The maximum absolute atomic E-state index is 13.6. The van der Waals surface area contributed by atoms with Gasteiger partial charge < -0.3 is 20.3 Å². The lowest BCUT2D eigenvalue weighted by Crippen LogP contribution is -2.48. The molecular weight excluding hydrogens is 459 g/mol. The summed E-state index contributed by atoms with van der Waals surface area (Å²) in [4.78, 5) is 44.4. The summed E-state index contributed by atoms with van der Waals surface area (Å²) in [5.74, 6) is -1.43. The summed E-state index contributed by atoms with van der Waals surface area (Å²) in [6.45, 7) is 0.370. The number of carbonyl (C=O) groups excluding carboxylic acids is 3. The molecule has 1 fully saturated rings. The first-order valence-electron chi connectivity index (χ1n) is 11.5. The van der Waals surface area contributed by atoms with Crippen LogP contribution in [-0.4, -0.2) is 53.9 Å². The number of thiazole rings is 1. The molecule has 0 radical (unpaired) electrons. The average molecular weight is 491 g/mol. The van der Waals surface area contributed by atoms with Crippen LogP contribution in [0.25, 0.3) is 0 Å². The van der Waals surface area contributed by atoms with Crippen molar-refractivity contribution >= 4 is 34.2 Å². The Balaban J connectivity index is 1.76. The first kappa shape index (κ1) is 25.8. The van der Waals surface area contributed by atoms with Crippen LogP contribution in [0, 0.1) is 5.82 Å². The van der Waals surface area contributed by atoms with Crippen LogP contribution in [-0.2, 0) is 19.1 Å². The summed E-state index contributed by atoms with van der Waals surface area (Å²) in [7, 11) is 1.51. The Morgan fingerprint density at radius 2 is 1.91 bits per heavy atom. The van der Waals surface area contributed by atoms with Crippen molar-refractivity contribution in [3.8, 4) is 0 Å². The van der Waals surface area contributed by atoms with Crippen LogP contribution in [0.2, 0.25) is 0 Å². The number of nitrogens with zero attached hydrogens (tertiary/aromatic N) is 2. The van der Waals surface area contributed by atoms with Crippen LogP contribution in [0.4, 0.5) is 9.52 Å². The maximum Gasteiger partial charge on any atom is 0.247 e. The topological polar surface area (TPSA) is 101 Å². The quantitative estimate of drug-likeness (QED) is 0.501. The summed E-state index contributed by atoms with van der Waals surface area (Å²) in [6, 6.07) is 4.68. The average Bonchev–Trinajstić information content (AvgIpc) is 3.34. The van der Waals surface area contributed by atoms with Gasteiger partial charge in [-0.25, -0.2) is 9.37 Å². The Hall–Kier alpha value is -2.85. The second kappa shape index (κ2) is 13.1. The lowest BCUT2D eigenvalue weighted by atomic mass is 9.94. The third kappa shape index (κ3) is 7.59. The standard InChI is InChI=1S/C24H31FN4O4S/c1-33-15-14-29(21(31)12-11-20(30)28-24-26-13-16-34-24)22(17-7-9-18(25)10-8-17)23(32)27-19-5-3-2-4-6-19/h7-10,13,16,19,22H,2-6,11-12,14-15H2,1H3,(H,27,32)(H,26,28,30). The number of hydrogen-bond acceptors (Lipinski definition) is 6. The summed E-state index contributed by atoms with van der Waals surface area (Å²) >= 11 is 1.29. The normalized spacial score (nSPS) is 14.9. The highest BCUT2D eigenvalue weighted by molar-refractivity contribution is 7.13. The SMILES string of the molecule is COCCN(C(=O)CCC(=O)Nc1nccs1)C(C(=O)NC1CCCCC1)c1ccc(F)cc1. The van der Waals surface area contributed by atoms with E-state index in [-0.39, 0.29) is 49.8 Å². The molecule has 3 amide bonds. The number of benzene rings is 1. The second-order valence-electron chi connectivity index (χ2n) is 8.26. The van der Waals surface area contributed by atoms with Gasteiger partial charge in [0.15, 0.2) is 5.13 Å². The largest absolute Gasteiger partial charge is 0.383 e. The van der Waals surface area contributed by atoms with Crippen molar-refractivity contribution in [1.82, 2.24) is 15.2 Å². The van der Waals surface area contributed by atoms with Gasteiger partial charge in [-0.15, -0.1) is 11.3 Å². The number of ether oxygens (including phenoxy) is 1. The van der Waals surface area contributed by atoms with E-state index in [0.717, 1.165) is 32.1 Å². The number of rotatable bonds is 11. The molecule has 10 heteroatoms. The summed E-state index contributed by atoms with van der Waals surface area (Å²) in [6.07, 6.45) is 6.47. The van der Waals surface area contributed by atoms with Gasteiger partial charge in [0.25, 0.3) is 0 Å². The minimum Gasteiger partial charge on any atom is -0.383 e. The Morgan fingerprint density at radius 3 is 2.56 bits per heavy atom. The van der Waals surface area contributed by atoms with Crippen molar-refractivity contribution in [2.75, 3.05) is 25.6 Å². The highest BCUT2D eigenvalue weighted by Crippen LogP contribution is 2.25. The fourth-order valence-corrected chi connectivity index (χ4v) is 4.61. The van der Waals surface area contributed by atoms with Crippen molar-refractivity contribution in [2.24, 2.45) is 0 Å². The Bertz CT molecular complexity index is 933.